The van der Waals surface area contributed by atoms with E-state index < -0.39 is 0 Å². The molecular weight excluding hydrogens is 360 g/mol. The molecule has 0 spiro atoms. The SMILES string of the molecule is CCOc1cc(/C=C2/SC(=NC3CCCC3)NC2=O)cc(Cl)c1OC. The first-order valence-electron chi connectivity index (χ1n) is 8.39. The van der Waals surface area contributed by atoms with E-state index in [-0.39, 0.29) is 5.91 Å². The number of halogens is 1. The molecule has 1 aromatic rings. The number of nitrogens with zero attached hydrogens (tertiary/aromatic N) is 1. The Balaban J connectivity index is 1.83. The van der Waals surface area contributed by atoms with Gasteiger partial charge in [-0.3, -0.25) is 9.79 Å². The van der Waals surface area contributed by atoms with Crippen LogP contribution < -0.4 is 14.8 Å². The van der Waals surface area contributed by atoms with Crippen molar-refractivity contribution in [2.24, 2.45) is 4.99 Å². The minimum Gasteiger partial charge on any atom is -0.491 e. The van der Waals surface area contributed by atoms with E-state index in [2.05, 4.69) is 10.3 Å². The highest BCUT2D eigenvalue weighted by Crippen LogP contribution is 2.38. The van der Waals surface area contributed by atoms with Gasteiger partial charge in [-0.15, -0.1) is 0 Å². The van der Waals surface area contributed by atoms with Crippen molar-refractivity contribution in [1.82, 2.24) is 5.32 Å². The number of benzene rings is 1. The van der Waals surface area contributed by atoms with E-state index in [1.807, 2.05) is 13.0 Å². The van der Waals surface area contributed by atoms with Gasteiger partial charge in [0.05, 0.1) is 29.7 Å². The number of amidine groups is 1. The van der Waals surface area contributed by atoms with Crippen molar-refractivity contribution in [3.8, 4) is 11.5 Å². The number of nitrogens with one attached hydrogen (secondary N) is 1. The summed E-state index contributed by atoms with van der Waals surface area (Å²) >= 11 is 7.64. The zero-order valence-electron chi connectivity index (χ0n) is 14.3. The third-order valence-electron chi connectivity index (χ3n) is 4.11. The van der Waals surface area contributed by atoms with Crippen molar-refractivity contribution < 1.29 is 14.3 Å². The lowest BCUT2D eigenvalue weighted by Gasteiger charge is -2.11. The molecule has 1 N–H and O–H groups in total. The van der Waals surface area contributed by atoms with Gasteiger partial charge in [0.2, 0.25) is 0 Å². The quantitative estimate of drug-likeness (QED) is 0.776. The molecule has 2 aliphatic rings. The van der Waals surface area contributed by atoms with E-state index in [4.69, 9.17) is 21.1 Å². The minimum atomic E-state index is -0.133. The summed E-state index contributed by atoms with van der Waals surface area (Å²) in [6, 6.07) is 3.92. The van der Waals surface area contributed by atoms with Crippen molar-refractivity contribution in [3.05, 3.63) is 27.6 Å². The van der Waals surface area contributed by atoms with Crippen LogP contribution in [0, 0.1) is 0 Å². The molecule has 1 saturated carbocycles. The summed E-state index contributed by atoms with van der Waals surface area (Å²) in [5.41, 5.74) is 0.786. The molecule has 3 rings (SSSR count). The minimum absolute atomic E-state index is 0.133. The van der Waals surface area contributed by atoms with E-state index in [1.54, 1.807) is 19.3 Å². The van der Waals surface area contributed by atoms with Crippen LogP contribution in [0.4, 0.5) is 0 Å². The molecule has 0 radical (unpaired) electrons. The highest BCUT2D eigenvalue weighted by atomic mass is 35.5. The molecule has 0 bridgehead atoms. The van der Waals surface area contributed by atoms with Crippen LogP contribution in [0.5, 0.6) is 11.5 Å². The van der Waals surface area contributed by atoms with Crippen LogP contribution in [0.15, 0.2) is 22.0 Å². The number of hydrogen-bond donors (Lipinski definition) is 1. The molecule has 1 aliphatic heterocycles. The number of methoxy groups -OCH3 is 1. The molecule has 1 aliphatic carbocycles. The van der Waals surface area contributed by atoms with Crippen LogP contribution in [-0.2, 0) is 4.79 Å². The number of carbonyl (C=O) groups excluding carboxylic acids is 1. The highest BCUT2D eigenvalue weighted by molar-refractivity contribution is 8.18. The summed E-state index contributed by atoms with van der Waals surface area (Å²) in [5.74, 6) is 0.928. The molecule has 1 saturated heterocycles. The summed E-state index contributed by atoms with van der Waals surface area (Å²) in [6.07, 6.45) is 6.43. The van der Waals surface area contributed by atoms with E-state index >= 15 is 0 Å². The Morgan fingerprint density at radius 3 is 2.84 bits per heavy atom. The number of rotatable bonds is 5. The molecule has 5 nitrogen and oxygen atoms in total. The second kappa shape index (κ2) is 8.15. The standard InChI is InChI=1S/C18H21ClN2O3S/c1-3-24-14-9-11(8-13(19)16(14)23-2)10-15-17(22)21-18(25-15)20-12-6-4-5-7-12/h8-10,12H,3-7H2,1-2H3,(H,20,21,22)/b15-10+. The molecule has 134 valence electrons. The lowest BCUT2D eigenvalue weighted by Crippen LogP contribution is -2.21. The lowest BCUT2D eigenvalue weighted by atomic mass is 10.2. The number of hydrogen-bond acceptors (Lipinski definition) is 5. The fourth-order valence-corrected chi connectivity index (χ4v) is 4.16. The number of amides is 1. The molecule has 2 fully saturated rings. The predicted octanol–water partition coefficient (Wildman–Crippen LogP) is 4.25. The maximum Gasteiger partial charge on any atom is 0.264 e. The lowest BCUT2D eigenvalue weighted by molar-refractivity contribution is -0.115. The second-order valence-corrected chi connectivity index (χ2v) is 7.34. The fourth-order valence-electron chi connectivity index (χ4n) is 2.97. The van der Waals surface area contributed by atoms with E-state index in [1.165, 1.54) is 24.6 Å². The predicted molar refractivity (Wildman–Crippen MR) is 103 cm³/mol. The second-order valence-electron chi connectivity index (χ2n) is 5.90. The van der Waals surface area contributed by atoms with Crippen molar-refractivity contribution in [1.29, 1.82) is 0 Å². The van der Waals surface area contributed by atoms with Gasteiger partial charge in [0.15, 0.2) is 16.7 Å². The molecule has 0 atom stereocenters. The summed E-state index contributed by atoms with van der Waals surface area (Å²) in [5, 5.41) is 3.98. The Morgan fingerprint density at radius 2 is 2.16 bits per heavy atom. The Bertz CT molecular complexity index is 727. The van der Waals surface area contributed by atoms with Crippen molar-refractivity contribution in [2.75, 3.05) is 13.7 Å². The van der Waals surface area contributed by atoms with E-state index in [0.717, 1.165) is 18.4 Å². The summed E-state index contributed by atoms with van der Waals surface area (Å²) in [4.78, 5) is 17.5. The van der Waals surface area contributed by atoms with Crippen LogP contribution in [0.3, 0.4) is 0 Å². The monoisotopic (exact) mass is 380 g/mol. The topological polar surface area (TPSA) is 59.9 Å². The third kappa shape index (κ3) is 4.30. The largest absolute Gasteiger partial charge is 0.491 e. The number of aliphatic imine (C=N–C) groups is 1. The average molecular weight is 381 g/mol. The zero-order valence-corrected chi connectivity index (χ0v) is 15.9. The normalized spacial score (nSPS) is 21.2. The Hall–Kier alpha value is -1.66. The van der Waals surface area contributed by atoms with Crippen molar-refractivity contribution in [3.63, 3.8) is 0 Å². The first-order chi connectivity index (χ1) is 12.1. The Morgan fingerprint density at radius 1 is 1.40 bits per heavy atom. The zero-order chi connectivity index (χ0) is 17.8. The Kier molecular flexibility index (Phi) is 5.91. The first-order valence-corrected chi connectivity index (χ1v) is 9.59. The third-order valence-corrected chi connectivity index (χ3v) is 5.31. The van der Waals surface area contributed by atoms with Gasteiger partial charge in [-0.1, -0.05) is 24.4 Å². The summed E-state index contributed by atoms with van der Waals surface area (Å²) < 4.78 is 10.9. The van der Waals surface area contributed by atoms with Gasteiger partial charge in [-0.2, -0.15) is 0 Å². The smallest absolute Gasteiger partial charge is 0.264 e. The summed E-state index contributed by atoms with van der Waals surface area (Å²) in [7, 11) is 1.55. The van der Waals surface area contributed by atoms with E-state index in [9.17, 15) is 4.79 Å². The van der Waals surface area contributed by atoms with Crippen LogP contribution in [-0.4, -0.2) is 30.8 Å². The van der Waals surface area contributed by atoms with Crippen LogP contribution in [0.25, 0.3) is 6.08 Å². The van der Waals surface area contributed by atoms with Gasteiger partial charge in [-0.25, -0.2) is 0 Å². The maximum atomic E-state index is 12.2. The first kappa shape index (κ1) is 18.1. The molecule has 1 aromatic carbocycles. The van der Waals surface area contributed by atoms with Crippen molar-refractivity contribution in [2.45, 2.75) is 38.6 Å². The van der Waals surface area contributed by atoms with Crippen LogP contribution in [0.1, 0.15) is 38.2 Å². The number of thioether (sulfide) groups is 1. The van der Waals surface area contributed by atoms with Gasteiger partial charge >= 0.3 is 0 Å². The molecule has 1 amide bonds. The van der Waals surface area contributed by atoms with Crippen molar-refractivity contribution >= 4 is 40.5 Å². The number of carbonyl (C=O) groups is 1. The van der Waals surface area contributed by atoms with E-state index in [0.29, 0.717) is 39.2 Å². The molecule has 7 heteroatoms. The maximum absolute atomic E-state index is 12.2. The molecular formula is C18H21ClN2O3S. The summed E-state index contributed by atoms with van der Waals surface area (Å²) in [6.45, 7) is 2.39. The highest BCUT2D eigenvalue weighted by Gasteiger charge is 2.26. The molecule has 0 unspecified atom stereocenters. The average Bonchev–Trinajstić information content (AvgIpc) is 3.18. The Labute approximate surface area is 156 Å². The van der Waals surface area contributed by atoms with Gasteiger partial charge < -0.3 is 14.8 Å². The number of ether oxygens (including phenoxy) is 2. The van der Waals surface area contributed by atoms with Gasteiger partial charge in [0.25, 0.3) is 5.91 Å². The van der Waals surface area contributed by atoms with Crippen LogP contribution >= 0.6 is 23.4 Å². The van der Waals surface area contributed by atoms with Gasteiger partial charge in [0.1, 0.15) is 0 Å². The molecule has 1 heterocycles. The van der Waals surface area contributed by atoms with Gasteiger partial charge in [0, 0.05) is 0 Å². The molecule has 25 heavy (non-hydrogen) atoms. The fraction of sp³-hybridized carbons (Fsp3) is 0.444. The molecule has 0 aromatic heterocycles. The van der Waals surface area contributed by atoms with Gasteiger partial charge in [-0.05, 0) is 55.3 Å². The van der Waals surface area contributed by atoms with Crippen LogP contribution in [0.2, 0.25) is 5.02 Å².